The van der Waals surface area contributed by atoms with Crippen molar-refractivity contribution in [2.24, 2.45) is 0 Å². The number of halogens is 3. The summed E-state index contributed by atoms with van der Waals surface area (Å²) in [4.78, 5) is 34.3. The smallest absolute Gasteiger partial charge is 0.416 e. The monoisotopic (exact) mass is 513 g/mol. The van der Waals surface area contributed by atoms with Gasteiger partial charge in [-0.2, -0.15) is 18.2 Å². The van der Waals surface area contributed by atoms with E-state index in [9.17, 15) is 18.0 Å². The van der Waals surface area contributed by atoms with Gasteiger partial charge in [0.25, 0.3) is 0 Å². The maximum absolute atomic E-state index is 13.5. The number of amides is 2. The molecule has 6 rings (SSSR count). The summed E-state index contributed by atoms with van der Waals surface area (Å²) in [6, 6.07) is 5.88. The Bertz CT molecular complexity index is 1330. The van der Waals surface area contributed by atoms with E-state index in [0.717, 1.165) is 18.6 Å². The first-order valence-corrected chi connectivity index (χ1v) is 11.8. The molecule has 2 amide bonds. The summed E-state index contributed by atoms with van der Waals surface area (Å²) in [5.41, 5.74) is 0.0580. The van der Waals surface area contributed by atoms with Crippen LogP contribution in [0.3, 0.4) is 0 Å². The molecule has 2 bridgehead atoms. The number of nitrogens with zero attached hydrogens (tertiary/aromatic N) is 6. The highest BCUT2D eigenvalue weighted by molar-refractivity contribution is 6.04. The minimum Gasteiger partial charge on any atom is -0.458 e. The predicted molar refractivity (Wildman–Crippen MR) is 126 cm³/mol. The van der Waals surface area contributed by atoms with Gasteiger partial charge in [-0.3, -0.25) is 10.2 Å². The van der Waals surface area contributed by atoms with Crippen LogP contribution in [0.2, 0.25) is 0 Å². The molecule has 3 aromatic rings. The first-order valence-electron chi connectivity index (χ1n) is 11.8. The van der Waals surface area contributed by atoms with Crippen LogP contribution in [0.15, 0.2) is 42.7 Å². The van der Waals surface area contributed by atoms with Crippen molar-refractivity contribution in [2.75, 3.05) is 41.4 Å². The quantitative estimate of drug-likeness (QED) is 0.563. The molecule has 2 saturated heterocycles. The molecule has 1 aromatic carbocycles. The van der Waals surface area contributed by atoms with Crippen molar-refractivity contribution in [1.29, 1.82) is 0 Å². The molecular weight excluding hydrogens is 491 g/mol. The predicted octanol–water partition coefficient (Wildman–Crippen LogP) is 3.75. The van der Waals surface area contributed by atoms with Crippen molar-refractivity contribution >= 4 is 23.4 Å². The van der Waals surface area contributed by atoms with Crippen molar-refractivity contribution in [3.05, 3.63) is 48.3 Å². The number of carbonyl (C=O) groups excluding carboxylic acids is 1. The van der Waals surface area contributed by atoms with Gasteiger partial charge in [-0.15, -0.1) is 0 Å². The summed E-state index contributed by atoms with van der Waals surface area (Å²) in [5, 5.41) is 2.79. The Balaban J connectivity index is 1.29. The lowest BCUT2D eigenvalue weighted by Crippen LogP contribution is -2.48. The van der Waals surface area contributed by atoms with Crippen LogP contribution in [0, 0.1) is 0 Å². The van der Waals surface area contributed by atoms with Gasteiger partial charge in [-0.25, -0.2) is 19.7 Å². The molecule has 10 nitrogen and oxygen atoms in total. The van der Waals surface area contributed by atoms with Gasteiger partial charge in [0.1, 0.15) is 11.9 Å². The number of carbonyl (C=O) groups is 1. The molecule has 1 N–H and O–H groups in total. The third-order valence-electron chi connectivity index (χ3n) is 6.54. The molecular formula is C24H22F3N7O3. The van der Waals surface area contributed by atoms with Crippen molar-refractivity contribution in [1.82, 2.24) is 19.9 Å². The average molecular weight is 513 g/mol. The number of nitrogens with one attached hydrogen (secondary N) is 1. The van der Waals surface area contributed by atoms with Gasteiger partial charge < -0.3 is 14.4 Å². The lowest BCUT2D eigenvalue weighted by Gasteiger charge is -2.35. The fraction of sp³-hybridized carbons (Fsp3) is 0.375. The molecule has 0 unspecified atom stereocenters. The summed E-state index contributed by atoms with van der Waals surface area (Å²) < 4.78 is 50.8. The number of anilines is 3. The molecule has 0 radical (unpaired) electrons. The summed E-state index contributed by atoms with van der Waals surface area (Å²) in [5.74, 6) is 0.687. The van der Waals surface area contributed by atoms with E-state index in [2.05, 4.69) is 30.2 Å². The Morgan fingerprint density at radius 2 is 2.05 bits per heavy atom. The first kappa shape index (κ1) is 23.4. The molecule has 2 atom stereocenters. The lowest BCUT2D eigenvalue weighted by molar-refractivity contribution is -0.137. The molecule has 3 aliphatic heterocycles. The van der Waals surface area contributed by atoms with E-state index < -0.39 is 17.8 Å². The van der Waals surface area contributed by atoms with Crippen LogP contribution < -0.4 is 19.9 Å². The topological polar surface area (TPSA) is 106 Å². The van der Waals surface area contributed by atoms with Gasteiger partial charge in [0, 0.05) is 31.3 Å². The third kappa shape index (κ3) is 4.61. The van der Waals surface area contributed by atoms with Crippen LogP contribution in [-0.2, 0) is 10.9 Å². The zero-order valence-corrected chi connectivity index (χ0v) is 19.5. The Labute approximate surface area is 209 Å². The van der Waals surface area contributed by atoms with Crippen LogP contribution in [0.1, 0.15) is 18.4 Å². The normalized spacial score (nSPS) is 20.6. The lowest BCUT2D eigenvalue weighted by atomic mass is 10.1. The number of alkyl halides is 3. The van der Waals surface area contributed by atoms with E-state index in [-0.39, 0.29) is 35.4 Å². The van der Waals surface area contributed by atoms with Crippen molar-refractivity contribution < 1.29 is 27.4 Å². The highest BCUT2D eigenvalue weighted by Crippen LogP contribution is 2.40. The molecule has 13 heteroatoms. The molecule has 3 aliphatic rings. The third-order valence-corrected chi connectivity index (χ3v) is 6.54. The number of urea groups is 1. The van der Waals surface area contributed by atoms with Gasteiger partial charge in [0.2, 0.25) is 0 Å². The number of hydrogen-bond donors (Lipinski definition) is 1. The standard InChI is InChI=1S/C24H22F3N7O3/c25-24(26,27)15-3-1-2-14(10-15)20-29-11-18-21(32-20)34(16-5-8-33(18)12-16)23(35)31-19-4-7-28-22(30-19)37-17-6-9-36-13-17/h1-4,7,10-11,16-17H,5-6,8-9,12-13H2,(H,28,30,31,35)/t16-,17-/m0/s1. The van der Waals surface area contributed by atoms with Crippen LogP contribution in [0.5, 0.6) is 6.01 Å². The van der Waals surface area contributed by atoms with Gasteiger partial charge in [0.05, 0.1) is 36.7 Å². The summed E-state index contributed by atoms with van der Waals surface area (Å²) in [6.07, 6.45) is -0.149. The van der Waals surface area contributed by atoms with Gasteiger partial charge in [0.15, 0.2) is 11.6 Å². The number of fused-ring (bicyclic) bond motifs is 4. The van der Waals surface area contributed by atoms with Gasteiger partial charge >= 0.3 is 18.2 Å². The minimum absolute atomic E-state index is 0.0988. The molecule has 37 heavy (non-hydrogen) atoms. The number of hydrogen-bond acceptors (Lipinski definition) is 8. The fourth-order valence-electron chi connectivity index (χ4n) is 4.74. The van der Waals surface area contributed by atoms with E-state index in [0.29, 0.717) is 44.2 Å². The highest BCUT2D eigenvalue weighted by Gasteiger charge is 2.41. The maximum atomic E-state index is 13.5. The number of aromatic nitrogens is 4. The van der Waals surface area contributed by atoms with Crippen molar-refractivity contribution in [3.8, 4) is 17.4 Å². The summed E-state index contributed by atoms with van der Waals surface area (Å²) in [7, 11) is 0. The Morgan fingerprint density at radius 1 is 1.16 bits per heavy atom. The Hall–Kier alpha value is -4.00. The zero-order chi connectivity index (χ0) is 25.6. The van der Waals surface area contributed by atoms with Crippen LogP contribution in [0.25, 0.3) is 11.4 Å². The molecule has 5 heterocycles. The van der Waals surface area contributed by atoms with E-state index in [1.165, 1.54) is 23.2 Å². The fourth-order valence-corrected chi connectivity index (χ4v) is 4.74. The summed E-state index contributed by atoms with van der Waals surface area (Å²) in [6.45, 7) is 2.38. The maximum Gasteiger partial charge on any atom is 0.416 e. The molecule has 0 aliphatic carbocycles. The molecule has 0 saturated carbocycles. The first-order chi connectivity index (χ1) is 17.8. The van der Waals surface area contributed by atoms with Gasteiger partial charge in [-0.05, 0) is 24.6 Å². The molecule has 2 fully saturated rings. The van der Waals surface area contributed by atoms with E-state index in [1.807, 2.05) is 0 Å². The van der Waals surface area contributed by atoms with Crippen molar-refractivity contribution in [3.63, 3.8) is 0 Å². The second-order valence-corrected chi connectivity index (χ2v) is 9.00. The van der Waals surface area contributed by atoms with Crippen LogP contribution >= 0.6 is 0 Å². The second-order valence-electron chi connectivity index (χ2n) is 9.00. The largest absolute Gasteiger partial charge is 0.458 e. The highest BCUT2D eigenvalue weighted by atomic mass is 19.4. The summed E-state index contributed by atoms with van der Waals surface area (Å²) >= 11 is 0. The number of rotatable bonds is 4. The van der Waals surface area contributed by atoms with Crippen LogP contribution in [0.4, 0.5) is 35.3 Å². The van der Waals surface area contributed by atoms with Gasteiger partial charge in [-0.1, -0.05) is 12.1 Å². The Kier molecular flexibility index (Phi) is 5.78. The molecule has 192 valence electrons. The number of benzene rings is 1. The second kappa shape index (κ2) is 9.14. The number of ether oxygens (including phenoxy) is 2. The molecule has 0 spiro atoms. The van der Waals surface area contributed by atoms with Crippen molar-refractivity contribution in [2.45, 2.75) is 31.2 Å². The average Bonchev–Trinajstić information content (AvgIpc) is 3.54. The van der Waals surface area contributed by atoms with E-state index >= 15 is 0 Å². The van der Waals surface area contributed by atoms with E-state index in [1.54, 1.807) is 12.3 Å². The minimum atomic E-state index is -4.49. The van der Waals surface area contributed by atoms with Crippen LogP contribution in [-0.4, -0.2) is 64.4 Å². The molecule has 2 aromatic heterocycles. The van der Waals surface area contributed by atoms with E-state index in [4.69, 9.17) is 9.47 Å². The Morgan fingerprint density at radius 3 is 2.86 bits per heavy atom. The SMILES string of the molecule is O=C(Nc1ccnc(O[C@H]2CCOC2)n1)N1c2nc(-c3cccc(C(F)(F)F)c3)ncc2N2CC[C@H]1C2. The zero-order valence-electron chi connectivity index (χ0n) is 19.5.